The van der Waals surface area contributed by atoms with E-state index in [9.17, 15) is 19.7 Å². The number of hydrogen-bond acceptors (Lipinski definition) is 5. The number of benzene rings is 2. The SMILES string of the molecule is CC1=NN(c2ccccc2)C(=O)C1C(=O)Nc1ccc([N+](=O)[O-])cc1. The lowest BCUT2D eigenvalue weighted by atomic mass is 10.0. The topological polar surface area (TPSA) is 105 Å². The first-order chi connectivity index (χ1) is 12.0. The van der Waals surface area contributed by atoms with Crippen LogP contribution in [-0.2, 0) is 9.59 Å². The van der Waals surface area contributed by atoms with Gasteiger partial charge in [0.25, 0.3) is 11.6 Å². The number of anilines is 2. The second kappa shape index (κ2) is 6.52. The molecule has 8 heteroatoms. The van der Waals surface area contributed by atoms with Crippen molar-refractivity contribution in [2.45, 2.75) is 6.92 Å². The normalized spacial score (nSPS) is 16.5. The fourth-order valence-electron chi connectivity index (χ4n) is 2.50. The van der Waals surface area contributed by atoms with Crippen LogP contribution in [0.1, 0.15) is 6.92 Å². The zero-order chi connectivity index (χ0) is 18.0. The number of amides is 2. The van der Waals surface area contributed by atoms with E-state index in [1.54, 1.807) is 31.2 Å². The summed E-state index contributed by atoms with van der Waals surface area (Å²) < 4.78 is 0. The lowest BCUT2D eigenvalue weighted by Crippen LogP contribution is -2.36. The summed E-state index contributed by atoms with van der Waals surface area (Å²) in [6.07, 6.45) is 0. The quantitative estimate of drug-likeness (QED) is 0.525. The molecule has 0 saturated carbocycles. The van der Waals surface area contributed by atoms with Crippen LogP contribution < -0.4 is 10.3 Å². The number of nitrogens with one attached hydrogen (secondary N) is 1. The number of carbonyl (C=O) groups excluding carboxylic acids is 2. The Labute approximate surface area is 142 Å². The number of non-ortho nitro benzene ring substituents is 1. The van der Waals surface area contributed by atoms with E-state index in [-0.39, 0.29) is 5.69 Å². The van der Waals surface area contributed by atoms with E-state index < -0.39 is 22.7 Å². The summed E-state index contributed by atoms with van der Waals surface area (Å²) >= 11 is 0. The van der Waals surface area contributed by atoms with Gasteiger partial charge in [0, 0.05) is 17.8 Å². The van der Waals surface area contributed by atoms with Gasteiger partial charge in [-0.05, 0) is 31.2 Å². The summed E-state index contributed by atoms with van der Waals surface area (Å²) in [5, 5.41) is 18.6. The summed E-state index contributed by atoms with van der Waals surface area (Å²) in [6.45, 7) is 1.61. The molecule has 1 atom stereocenters. The van der Waals surface area contributed by atoms with Gasteiger partial charge < -0.3 is 5.32 Å². The third-order valence-corrected chi connectivity index (χ3v) is 3.74. The average Bonchev–Trinajstić information content (AvgIpc) is 2.90. The van der Waals surface area contributed by atoms with Gasteiger partial charge >= 0.3 is 0 Å². The molecule has 1 aliphatic rings. The molecule has 0 bridgehead atoms. The van der Waals surface area contributed by atoms with Crippen LogP contribution in [0.3, 0.4) is 0 Å². The molecule has 0 spiro atoms. The minimum atomic E-state index is -1.03. The van der Waals surface area contributed by atoms with Gasteiger partial charge in [0.2, 0.25) is 5.91 Å². The van der Waals surface area contributed by atoms with Crippen LogP contribution in [0.25, 0.3) is 0 Å². The van der Waals surface area contributed by atoms with Crippen LogP contribution in [0, 0.1) is 16.0 Å². The van der Waals surface area contributed by atoms with Crippen molar-refractivity contribution in [3.8, 4) is 0 Å². The first-order valence-corrected chi connectivity index (χ1v) is 7.47. The maximum Gasteiger partial charge on any atom is 0.269 e. The molecule has 0 fully saturated rings. The number of para-hydroxylation sites is 1. The number of nitro benzene ring substituents is 1. The Bertz CT molecular complexity index is 862. The van der Waals surface area contributed by atoms with Gasteiger partial charge in [0.1, 0.15) is 0 Å². The highest BCUT2D eigenvalue weighted by Crippen LogP contribution is 2.25. The van der Waals surface area contributed by atoms with Crippen molar-refractivity contribution in [3.05, 3.63) is 64.7 Å². The molecule has 0 saturated heterocycles. The molecule has 2 amide bonds. The van der Waals surface area contributed by atoms with E-state index in [2.05, 4.69) is 10.4 Å². The van der Waals surface area contributed by atoms with E-state index >= 15 is 0 Å². The molecule has 0 aromatic heterocycles. The van der Waals surface area contributed by atoms with Crippen molar-refractivity contribution >= 4 is 34.6 Å². The van der Waals surface area contributed by atoms with Crippen molar-refractivity contribution in [2.24, 2.45) is 11.0 Å². The van der Waals surface area contributed by atoms with Crippen LogP contribution in [0.4, 0.5) is 17.1 Å². The van der Waals surface area contributed by atoms with Crippen molar-refractivity contribution in [1.29, 1.82) is 0 Å². The van der Waals surface area contributed by atoms with Gasteiger partial charge in [-0.1, -0.05) is 18.2 Å². The Hall–Kier alpha value is -3.55. The van der Waals surface area contributed by atoms with Gasteiger partial charge in [-0.2, -0.15) is 10.1 Å². The Morgan fingerprint density at radius 1 is 1.16 bits per heavy atom. The molecule has 1 N–H and O–H groups in total. The molecule has 0 aliphatic carbocycles. The molecule has 1 heterocycles. The number of hydrazone groups is 1. The smallest absolute Gasteiger partial charge is 0.269 e. The number of nitrogens with zero attached hydrogens (tertiary/aromatic N) is 3. The first kappa shape index (κ1) is 16.3. The molecule has 2 aromatic rings. The highest BCUT2D eigenvalue weighted by Gasteiger charge is 2.39. The van der Waals surface area contributed by atoms with Gasteiger partial charge in [0.05, 0.1) is 16.3 Å². The molecule has 1 aliphatic heterocycles. The van der Waals surface area contributed by atoms with Crippen LogP contribution in [0.5, 0.6) is 0 Å². The van der Waals surface area contributed by atoms with Crippen LogP contribution in [0.2, 0.25) is 0 Å². The monoisotopic (exact) mass is 338 g/mol. The lowest BCUT2D eigenvalue weighted by molar-refractivity contribution is -0.384. The van der Waals surface area contributed by atoms with Crippen LogP contribution >= 0.6 is 0 Å². The zero-order valence-corrected chi connectivity index (χ0v) is 13.2. The van der Waals surface area contributed by atoms with Gasteiger partial charge in [-0.3, -0.25) is 19.7 Å². The molecule has 0 radical (unpaired) electrons. The number of rotatable bonds is 4. The highest BCUT2D eigenvalue weighted by molar-refractivity contribution is 6.28. The second-order valence-corrected chi connectivity index (χ2v) is 5.45. The van der Waals surface area contributed by atoms with Crippen LogP contribution in [-0.4, -0.2) is 22.4 Å². The first-order valence-electron chi connectivity index (χ1n) is 7.47. The Balaban J connectivity index is 1.75. The van der Waals surface area contributed by atoms with Gasteiger partial charge in [-0.15, -0.1) is 0 Å². The summed E-state index contributed by atoms with van der Waals surface area (Å²) in [6, 6.07) is 14.2. The van der Waals surface area contributed by atoms with Crippen LogP contribution in [0.15, 0.2) is 59.7 Å². The Kier molecular flexibility index (Phi) is 4.25. The standard InChI is InChI=1S/C17H14N4O4/c1-11-15(17(23)20(19-11)13-5-3-2-4-6-13)16(22)18-12-7-9-14(10-8-12)21(24)25/h2-10,15H,1H3,(H,18,22). The fraction of sp³-hybridized carbons (Fsp3) is 0.118. The van der Waals surface area contributed by atoms with E-state index in [0.29, 0.717) is 17.1 Å². The average molecular weight is 338 g/mol. The maximum absolute atomic E-state index is 12.6. The van der Waals surface area contributed by atoms with Crippen molar-refractivity contribution in [1.82, 2.24) is 0 Å². The molecule has 8 nitrogen and oxygen atoms in total. The van der Waals surface area contributed by atoms with Crippen molar-refractivity contribution in [2.75, 3.05) is 10.3 Å². The summed E-state index contributed by atoms with van der Waals surface area (Å²) in [7, 11) is 0. The summed E-state index contributed by atoms with van der Waals surface area (Å²) in [5.74, 6) is -2.00. The van der Waals surface area contributed by atoms with Crippen molar-refractivity contribution < 1.29 is 14.5 Å². The summed E-state index contributed by atoms with van der Waals surface area (Å²) in [5.41, 5.74) is 1.25. The third-order valence-electron chi connectivity index (χ3n) is 3.74. The molecule has 25 heavy (non-hydrogen) atoms. The second-order valence-electron chi connectivity index (χ2n) is 5.45. The molecule has 3 rings (SSSR count). The largest absolute Gasteiger partial charge is 0.325 e. The predicted octanol–water partition coefficient (Wildman–Crippen LogP) is 2.57. The van der Waals surface area contributed by atoms with E-state index in [1.807, 2.05) is 6.07 Å². The minimum absolute atomic E-state index is 0.0806. The Morgan fingerprint density at radius 2 is 1.80 bits per heavy atom. The van der Waals surface area contributed by atoms with E-state index in [4.69, 9.17) is 0 Å². The van der Waals surface area contributed by atoms with Gasteiger partial charge in [0.15, 0.2) is 5.92 Å². The molecule has 126 valence electrons. The number of carbonyl (C=O) groups is 2. The maximum atomic E-state index is 12.6. The highest BCUT2D eigenvalue weighted by atomic mass is 16.6. The zero-order valence-electron chi connectivity index (χ0n) is 13.2. The van der Waals surface area contributed by atoms with Gasteiger partial charge in [-0.25, -0.2) is 0 Å². The number of nitro groups is 1. The van der Waals surface area contributed by atoms with Crippen molar-refractivity contribution in [3.63, 3.8) is 0 Å². The number of hydrogen-bond donors (Lipinski definition) is 1. The van der Waals surface area contributed by atoms with E-state index in [0.717, 1.165) is 0 Å². The molecule has 1 unspecified atom stereocenters. The lowest BCUT2D eigenvalue weighted by Gasteiger charge is -2.14. The molecular weight excluding hydrogens is 324 g/mol. The predicted molar refractivity (Wildman–Crippen MR) is 92.3 cm³/mol. The fourth-order valence-corrected chi connectivity index (χ4v) is 2.50. The Morgan fingerprint density at radius 3 is 2.40 bits per heavy atom. The third kappa shape index (κ3) is 3.23. The summed E-state index contributed by atoms with van der Waals surface area (Å²) in [4.78, 5) is 35.1. The minimum Gasteiger partial charge on any atom is -0.325 e. The van der Waals surface area contributed by atoms with E-state index in [1.165, 1.54) is 29.3 Å². The molecule has 2 aromatic carbocycles. The molecular formula is C17H14N4O4.